The number of thiophene rings is 1. The van der Waals surface area contributed by atoms with Gasteiger partial charge >= 0.3 is 29.6 Å². The van der Waals surface area contributed by atoms with Crippen LogP contribution >= 0.6 is 36.2 Å². The summed E-state index contributed by atoms with van der Waals surface area (Å²) in [6, 6.07) is 4.13. The summed E-state index contributed by atoms with van der Waals surface area (Å²) in [5.74, 6) is 0. The second-order valence-corrected chi connectivity index (χ2v) is 4.36. The molecule has 0 spiro atoms. The molecule has 60 valence electrons. The molecule has 1 aromatic heterocycles. The second kappa shape index (κ2) is 6.40. The van der Waals surface area contributed by atoms with Crippen LogP contribution in [-0.4, -0.2) is 16.3 Å². The molecule has 0 fully saturated rings. The molecular weight excluding hydrogens is 217 g/mol. The van der Waals surface area contributed by atoms with E-state index in [9.17, 15) is 0 Å². The fourth-order valence-electron chi connectivity index (χ4n) is 0.704. The van der Waals surface area contributed by atoms with E-state index in [4.69, 9.17) is 12.2 Å². The second-order valence-electron chi connectivity index (χ2n) is 2.22. The van der Waals surface area contributed by atoms with Gasteiger partial charge in [0.25, 0.3) is 0 Å². The van der Waals surface area contributed by atoms with Crippen molar-refractivity contribution in [3.05, 3.63) is 22.4 Å². The summed E-state index contributed by atoms with van der Waals surface area (Å²) in [6.07, 6.45) is 0. The van der Waals surface area contributed by atoms with Crippen molar-refractivity contribution >= 4 is 40.5 Å². The topological polar surface area (TPSA) is 3.24 Å². The van der Waals surface area contributed by atoms with Crippen LogP contribution in [0.15, 0.2) is 17.5 Å². The van der Waals surface area contributed by atoms with Crippen LogP contribution in [0.4, 0.5) is 0 Å². The van der Waals surface area contributed by atoms with Crippen LogP contribution in [0, 0.1) is 0 Å². The Morgan fingerprint density at radius 1 is 1.75 bits per heavy atom. The van der Waals surface area contributed by atoms with Crippen molar-refractivity contribution in [3.63, 3.8) is 0 Å². The molecule has 0 aromatic carbocycles. The first-order chi connectivity index (χ1) is 5.20. The van der Waals surface area contributed by atoms with E-state index in [1.807, 2.05) is 18.0 Å². The fourth-order valence-corrected chi connectivity index (χ4v) is 1.60. The van der Waals surface area contributed by atoms with Crippen molar-refractivity contribution in [1.82, 2.24) is 4.90 Å². The predicted octanol–water partition coefficient (Wildman–Crippen LogP) is -0.601. The molecule has 0 aliphatic carbocycles. The SMILES string of the molecule is CN(Cc1cccs1)C(=S)S.[Na+]. The molecule has 0 aliphatic heterocycles. The molecule has 1 aromatic rings. The van der Waals surface area contributed by atoms with E-state index in [1.54, 1.807) is 11.3 Å². The Kier molecular flexibility index (Phi) is 6.90. The monoisotopic (exact) mass is 226 g/mol. The molecule has 0 unspecified atom stereocenters. The van der Waals surface area contributed by atoms with Crippen molar-refractivity contribution in [3.8, 4) is 0 Å². The van der Waals surface area contributed by atoms with Gasteiger partial charge in [0, 0.05) is 11.9 Å². The van der Waals surface area contributed by atoms with Crippen LogP contribution in [0.2, 0.25) is 0 Å². The van der Waals surface area contributed by atoms with Crippen molar-refractivity contribution < 1.29 is 29.6 Å². The molecule has 0 bridgehead atoms. The Bertz CT molecular complexity index is 235. The van der Waals surface area contributed by atoms with Gasteiger partial charge in [-0.05, 0) is 11.4 Å². The number of rotatable bonds is 2. The van der Waals surface area contributed by atoms with Gasteiger partial charge in [0.2, 0.25) is 0 Å². The summed E-state index contributed by atoms with van der Waals surface area (Å²) >= 11 is 10.7. The molecular formula is C7H9NNaS3+. The smallest absolute Gasteiger partial charge is 0.356 e. The first-order valence-electron chi connectivity index (χ1n) is 3.16. The van der Waals surface area contributed by atoms with E-state index in [1.165, 1.54) is 4.88 Å². The zero-order valence-corrected chi connectivity index (χ0v) is 11.7. The van der Waals surface area contributed by atoms with Gasteiger partial charge in [-0.25, -0.2) is 0 Å². The molecule has 0 N–H and O–H groups in total. The van der Waals surface area contributed by atoms with Crippen LogP contribution in [0.25, 0.3) is 0 Å². The van der Waals surface area contributed by atoms with Crippen LogP contribution in [0.1, 0.15) is 4.88 Å². The first-order valence-corrected chi connectivity index (χ1v) is 4.90. The van der Waals surface area contributed by atoms with Crippen molar-refractivity contribution in [2.24, 2.45) is 0 Å². The summed E-state index contributed by atoms with van der Waals surface area (Å²) in [5.41, 5.74) is 0. The molecule has 1 rings (SSSR count). The van der Waals surface area contributed by atoms with Gasteiger partial charge in [-0.2, -0.15) is 0 Å². The Morgan fingerprint density at radius 2 is 2.42 bits per heavy atom. The van der Waals surface area contributed by atoms with Crippen LogP contribution < -0.4 is 29.6 Å². The summed E-state index contributed by atoms with van der Waals surface area (Å²) in [5, 5.41) is 2.06. The number of hydrogen-bond donors (Lipinski definition) is 1. The number of thiol groups is 1. The third-order valence-corrected chi connectivity index (χ3v) is 2.81. The summed E-state index contributed by atoms with van der Waals surface area (Å²) < 4.78 is 0.637. The third-order valence-electron chi connectivity index (χ3n) is 1.30. The number of thiocarbonyl (C=S) groups is 1. The average molecular weight is 226 g/mol. The van der Waals surface area contributed by atoms with Crippen molar-refractivity contribution in [2.45, 2.75) is 6.54 Å². The normalized spacial score (nSPS) is 8.83. The maximum atomic E-state index is 4.89. The van der Waals surface area contributed by atoms with Crippen LogP contribution in [0.3, 0.4) is 0 Å². The minimum atomic E-state index is 0. The molecule has 0 saturated heterocycles. The third kappa shape index (κ3) is 4.25. The Balaban J connectivity index is 0.00000121. The van der Waals surface area contributed by atoms with E-state index in [2.05, 4.69) is 24.1 Å². The molecule has 5 heteroatoms. The van der Waals surface area contributed by atoms with Crippen LogP contribution in [-0.2, 0) is 6.54 Å². The molecule has 0 amide bonds. The first kappa shape index (κ1) is 12.9. The zero-order chi connectivity index (χ0) is 8.27. The van der Waals surface area contributed by atoms with Crippen molar-refractivity contribution in [2.75, 3.05) is 7.05 Å². The molecule has 0 aliphatic rings. The van der Waals surface area contributed by atoms with Gasteiger partial charge in [-0.1, -0.05) is 18.3 Å². The van der Waals surface area contributed by atoms with E-state index in [0.29, 0.717) is 4.32 Å². The molecule has 0 saturated carbocycles. The summed E-state index contributed by atoms with van der Waals surface area (Å²) in [4.78, 5) is 3.24. The van der Waals surface area contributed by atoms with Gasteiger partial charge in [0.05, 0.1) is 6.54 Å². The zero-order valence-electron chi connectivity index (χ0n) is 7.15. The van der Waals surface area contributed by atoms with E-state index < -0.39 is 0 Å². The maximum absolute atomic E-state index is 4.89. The molecule has 1 heterocycles. The van der Waals surface area contributed by atoms with Crippen LogP contribution in [0.5, 0.6) is 0 Å². The summed E-state index contributed by atoms with van der Waals surface area (Å²) in [7, 11) is 1.94. The van der Waals surface area contributed by atoms with E-state index in [-0.39, 0.29) is 29.6 Å². The molecule has 12 heavy (non-hydrogen) atoms. The molecule has 0 radical (unpaired) electrons. The minimum Gasteiger partial charge on any atom is -0.356 e. The molecule has 1 nitrogen and oxygen atoms in total. The standard InChI is InChI=1S/C7H9NS3.Na/c1-8(7(9)10)5-6-3-2-4-11-6;/h2-4H,5H2,1H3,(H,9,10);/q;+1. The quantitative estimate of drug-likeness (QED) is 0.407. The fraction of sp³-hybridized carbons (Fsp3) is 0.286. The Hall–Kier alpha value is 0.940. The van der Waals surface area contributed by atoms with Gasteiger partial charge in [-0.15, -0.1) is 24.0 Å². The van der Waals surface area contributed by atoms with E-state index >= 15 is 0 Å². The number of nitrogens with zero attached hydrogens (tertiary/aromatic N) is 1. The van der Waals surface area contributed by atoms with Gasteiger partial charge in [0.15, 0.2) is 0 Å². The average Bonchev–Trinajstić information content (AvgIpc) is 2.39. The van der Waals surface area contributed by atoms with Gasteiger partial charge < -0.3 is 4.90 Å². The number of hydrogen-bond acceptors (Lipinski definition) is 2. The predicted molar refractivity (Wildman–Crippen MR) is 57.4 cm³/mol. The van der Waals surface area contributed by atoms with Gasteiger partial charge in [0.1, 0.15) is 4.32 Å². The minimum absolute atomic E-state index is 0. The van der Waals surface area contributed by atoms with Gasteiger partial charge in [-0.3, -0.25) is 0 Å². The molecule has 0 atom stereocenters. The Labute approximate surface area is 110 Å². The van der Waals surface area contributed by atoms with Crippen molar-refractivity contribution in [1.29, 1.82) is 0 Å². The summed E-state index contributed by atoms with van der Waals surface area (Å²) in [6.45, 7) is 0.861. The maximum Gasteiger partial charge on any atom is 1.00 e. The Morgan fingerprint density at radius 3 is 2.83 bits per heavy atom. The largest absolute Gasteiger partial charge is 1.00 e. The van der Waals surface area contributed by atoms with E-state index in [0.717, 1.165) is 6.54 Å².